The van der Waals surface area contributed by atoms with E-state index >= 15 is 0 Å². The van der Waals surface area contributed by atoms with Crippen molar-refractivity contribution in [2.75, 3.05) is 25.0 Å². The zero-order valence-corrected chi connectivity index (χ0v) is 20.4. The Hall–Kier alpha value is -2.96. The summed E-state index contributed by atoms with van der Waals surface area (Å²) in [7, 11) is 1.66. The maximum Gasteiger partial charge on any atom is 0.332 e. The van der Waals surface area contributed by atoms with Crippen LogP contribution in [0.1, 0.15) is 22.1 Å². The summed E-state index contributed by atoms with van der Waals surface area (Å²) in [6, 6.07) is 13.6. The molecule has 0 aliphatic carbocycles. The van der Waals surface area contributed by atoms with Crippen molar-refractivity contribution in [3.8, 4) is 6.07 Å². The van der Waals surface area contributed by atoms with Gasteiger partial charge in [-0.25, -0.2) is 14.7 Å². The minimum absolute atomic E-state index is 0.304. The number of anilines is 1. The molecule has 2 aliphatic heterocycles. The Morgan fingerprint density at radius 1 is 1.18 bits per heavy atom. The van der Waals surface area contributed by atoms with Crippen LogP contribution >= 0.6 is 34.5 Å². The number of halogens is 2. The van der Waals surface area contributed by atoms with Gasteiger partial charge in [0, 0.05) is 47.7 Å². The van der Waals surface area contributed by atoms with Gasteiger partial charge in [0.2, 0.25) is 0 Å². The molecule has 34 heavy (non-hydrogen) atoms. The molecule has 0 unspecified atom stereocenters. The standard InChI is InChI=1S/C24H19Cl2N5O2S/c1-29-23(33)31(19-9-17(25)8-18(26)10-19)22(32)24(29)14-30(13-21-28-6-7-34-21)12-20(24)16-4-2-15(11-27)3-5-16/h2-10,20H,12-14H2,1H3/t20-,24+/m0/s1. The molecule has 1 aromatic heterocycles. The maximum atomic E-state index is 14.1. The first-order valence-electron chi connectivity index (χ1n) is 10.5. The number of nitriles is 1. The van der Waals surface area contributed by atoms with Crippen LogP contribution in [0.2, 0.25) is 10.0 Å². The molecule has 0 N–H and O–H groups in total. The van der Waals surface area contributed by atoms with Crippen LogP contribution in [-0.4, -0.2) is 52.4 Å². The Morgan fingerprint density at radius 2 is 1.88 bits per heavy atom. The van der Waals surface area contributed by atoms with Crippen LogP contribution in [-0.2, 0) is 11.3 Å². The number of carbonyl (C=O) groups excluding carboxylic acids is 2. The van der Waals surface area contributed by atoms with E-state index in [2.05, 4.69) is 16.0 Å². The van der Waals surface area contributed by atoms with Gasteiger partial charge in [-0.2, -0.15) is 5.26 Å². The lowest BCUT2D eigenvalue weighted by molar-refractivity contribution is -0.124. The van der Waals surface area contributed by atoms with E-state index < -0.39 is 11.6 Å². The highest BCUT2D eigenvalue weighted by molar-refractivity contribution is 7.09. The SMILES string of the molecule is CN1C(=O)N(c2cc(Cl)cc(Cl)c2)C(=O)[C@]12CN(Cc1nccs1)C[C@H]2c1ccc(C#N)cc1. The summed E-state index contributed by atoms with van der Waals surface area (Å²) in [5, 5.41) is 12.7. The van der Waals surface area contributed by atoms with E-state index in [1.807, 2.05) is 17.5 Å². The van der Waals surface area contributed by atoms with Crippen molar-refractivity contribution in [2.24, 2.45) is 0 Å². The number of urea groups is 1. The van der Waals surface area contributed by atoms with Crippen molar-refractivity contribution in [3.63, 3.8) is 0 Å². The number of likely N-dealkylation sites (tertiary alicyclic amines) is 1. The summed E-state index contributed by atoms with van der Waals surface area (Å²) in [5.74, 6) is -0.629. The van der Waals surface area contributed by atoms with Gasteiger partial charge in [-0.15, -0.1) is 11.3 Å². The zero-order chi connectivity index (χ0) is 24.0. The fourth-order valence-corrected chi connectivity index (χ4v) is 6.11. The number of thiazole rings is 1. The molecule has 2 aliphatic rings. The van der Waals surface area contributed by atoms with E-state index in [9.17, 15) is 14.9 Å². The summed E-state index contributed by atoms with van der Waals surface area (Å²) in [5.41, 5.74) is 0.637. The van der Waals surface area contributed by atoms with Crippen LogP contribution in [0.25, 0.3) is 0 Å². The van der Waals surface area contributed by atoms with Gasteiger partial charge < -0.3 is 4.90 Å². The van der Waals surface area contributed by atoms with Crippen molar-refractivity contribution in [2.45, 2.75) is 18.0 Å². The fraction of sp³-hybridized carbons (Fsp3) is 0.250. The Labute approximate surface area is 210 Å². The first-order valence-corrected chi connectivity index (χ1v) is 12.2. The van der Waals surface area contributed by atoms with Gasteiger partial charge in [0.1, 0.15) is 10.5 Å². The highest BCUT2D eigenvalue weighted by atomic mass is 35.5. The number of rotatable bonds is 4. The van der Waals surface area contributed by atoms with E-state index in [4.69, 9.17) is 23.2 Å². The predicted molar refractivity (Wildman–Crippen MR) is 131 cm³/mol. The molecule has 2 saturated heterocycles. The van der Waals surface area contributed by atoms with E-state index in [-0.39, 0.29) is 11.8 Å². The molecule has 2 atom stereocenters. The Morgan fingerprint density at radius 3 is 2.50 bits per heavy atom. The third kappa shape index (κ3) is 3.65. The maximum absolute atomic E-state index is 14.1. The van der Waals surface area contributed by atoms with Gasteiger partial charge >= 0.3 is 6.03 Å². The molecule has 5 rings (SSSR count). The van der Waals surface area contributed by atoms with Crippen molar-refractivity contribution in [1.82, 2.24) is 14.8 Å². The third-order valence-electron chi connectivity index (χ3n) is 6.52. The van der Waals surface area contributed by atoms with Crippen LogP contribution in [0.3, 0.4) is 0 Å². The van der Waals surface area contributed by atoms with Crippen molar-refractivity contribution in [1.29, 1.82) is 5.26 Å². The number of likely N-dealkylation sites (N-methyl/N-ethyl adjacent to an activating group) is 1. The van der Waals surface area contributed by atoms with E-state index in [0.29, 0.717) is 40.9 Å². The van der Waals surface area contributed by atoms with Crippen LogP contribution in [0.4, 0.5) is 10.5 Å². The zero-order valence-electron chi connectivity index (χ0n) is 18.1. The molecule has 2 aromatic carbocycles. The molecule has 1 spiro atoms. The Balaban J connectivity index is 1.59. The number of nitrogens with zero attached hydrogens (tertiary/aromatic N) is 5. The molecular formula is C24H19Cl2N5O2S. The first kappa shape index (κ1) is 22.8. The summed E-state index contributed by atoms with van der Waals surface area (Å²) in [6.07, 6.45) is 1.75. The number of benzene rings is 2. The number of hydrogen-bond donors (Lipinski definition) is 0. The van der Waals surface area contributed by atoms with E-state index in [0.717, 1.165) is 10.6 Å². The lowest BCUT2D eigenvalue weighted by Crippen LogP contribution is -2.53. The minimum atomic E-state index is -1.13. The lowest BCUT2D eigenvalue weighted by Gasteiger charge is -2.34. The molecule has 0 saturated carbocycles. The van der Waals surface area contributed by atoms with Crippen LogP contribution < -0.4 is 4.90 Å². The van der Waals surface area contributed by atoms with Crippen molar-refractivity contribution in [3.05, 3.63) is 80.2 Å². The summed E-state index contributed by atoms with van der Waals surface area (Å²) in [4.78, 5) is 36.8. The van der Waals surface area contributed by atoms with Gasteiger partial charge in [0.05, 0.1) is 23.9 Å². The average molecular weight is 512 g/mol. The van der Waals surface area contributed by atoms with E-state index in [1.54, 1.807) is 54.9 Å². The monoisotopic (exact) mass is 511 g/mol. The molecule has 3 heterocycles. The van der Waals surface area contributed by atoms with Crippen molar-refractivity contribution >= 4 is 52.2 Å². The second kappa shape index (κ2) is 8.67. The van der Waals surface area contributed by atoms with Gasteiger partial charge in [0.15, 0.2) is 0 Å². The molecule has 0 radical (unpaired) electrons. The molecule has 172 valence electrons. The topological polar surface area (TPSA) is 80.5 Å². The van der Waals surface area contributed by atoms with Crippen LogP contribution in [0, 0.1) is 11.3 Å². The first-order chi connectivity index (χ1) is 16.3. The predicted octanol–water partition coefficient (Wildman–Crippen LogP) is 4.76. The quantitative estimate of drug-likeness (QED) is 0.471. The fourth-order valence-electron chi connectivity index (χ4n) is 4.94. The Kier molecular flexibility index (Phi) is 5.82. The molecule has 2 fully saturated rings. The average Bonchev–Trinajstić information content (AvgIpc) is 3.50. The summed E-state index contributed by atoms with van der Waals surface area (Å²) in [6.45, 7) is 1.48. The van der Waals surface area contributed by atoms with Crippen molar-refractivity contribution < 1.29 is 9.59 Å². The van der Waals surface area contributed by atoms with Gasteiger partial charge in [-0.1, -0.05) is 35.3 Å². The third-order valence-corrected chi connectivity index (χ3v) is 7.72. The summed E-state index contributed by atoms with van der Waals surface area (Å²) < 4.78 is 0. The largest absolute Gasteiger partial charge is 0.332 e. The van der Waals surface area contributed by atoms with Gasteiger partial charge in [-0.05, 0) is 35.9 Å². The Bertz CT molecular complexity index is 1290. The number of carbonyl (C=O) groups is 2. The van der Waals surface area contributed by atoms with Gasteiger partial charge in [0.25, 0.3) is 5.91 Å². The number of aromatic nitrogens is 1. The van der Waals surface area contributed by atoms with E-state index in [1.165, 1.54) is 9.80 Å². The molecular weight excluding hydrogens is 493 g/mol. The molecule has 10 heteroatoms. The second-order valence-corrected chi connectivity index (χ2v) is 10.3. The molecule has 3 aromatic rings. The van der Waals surface area contributed by atoms with Gasteiger partial charge in [-0.3, -0.25) is 9.69 Å². The smallest absolute Gasteiger partial charge is 0.310 e. The summed E-state index contributed by atoms with van der Waals surface area (Å²) >= 11 is 13.9. The molecule has 3 amide bonds. The lowest BCUT2D eigenvalue weighted by atomic mass is 9.80. The highest BCUT2D eigenvalue weighted by Gasteiger charge is 2.64. The minimum Gasteiger partial charge on any atom is -0.310 e. The second-order valence-electron chi connectivity index (χ2n) is 8.42. The molecule has 0 bridgehead atoms. The van der Waals surface area contributed by atoms with Crippen LogP contribution in [0.15, 0.2) is 54.0 Å². The number of hydrogen-bond acceptors (Lipinski definition) is 6. The number of imide groups is 1. The number of amides is 3. The molecule has 7 nitrogen and oxygen atoms in total. The van der Waals surface area contributed by atoms with Crippen LogP contribution in [0.5, 0.6) is 0 Å². The normalized spacial score (nSPS) is 22.7. The highest BCUT2D eigenvalue weighted by Crippen LogP contribution is 2.47.